The van der Waals surface area contributed by atoms with Gasteiger partial charge in [-0.1, -0.05) is 11.6 Å². The molecule has 20 heavy (non-hydrogen) atoms. The number of halogens is 2. The number of carbonyl (C=O) groups is 1. The number of rotatable bonds is 5. The fraction of sp³-hybridized carbons (Fsp3) is 0.154. The van der Waals surface area contributed by atoms with Crippen molar-refractivity contribution in [2.45, 2.75) is 6.54 Å². The Labute approximate surface area is 134 Å². The summed E-state index contributed by atoms with van der Waals surface area (Å²) in [5.41, 5.74) is 6.42. The number of anilines is 1. The van der Waals surface area contributed by atoms with E-state index in [1.54, 1.807) is 25.3 Å². The molecule has 106 valence electrons. The maximum Gasteiger partial charge on any atom is 0.248 e. The van der Waals surface area contributed by atoms with Gasteiger partial charge >= 0.3 is 0 Å². The van der Waals surface area contributed by atoms with E-state index in [-0.39, 0.29) is 0 Å². The van der Waals surface area contributed by atoms with Gasteiger partial charge < -0.3 is 15.8 Å². The largest absolute Gasteiger partial charge is 0.495 e. The summed E-state index contributed by atoms with van der Waals surface area (Å²) in [6.45, 7) is 0.578. The van der Waals surface area contributed by atoms with Crippen LogP contribution in [0.5, 0.6) is 5.75 Å². The predicted octanol–water partition coefficient (Wildman–Crippen LogP) is 3.88. The molecule has 2 rings (SSSR count). The summed E-state index contributed by atoms with van der Waals surface area (Å²) in [6.07, 6.45) is 0. The van der Waals surface area contributed by atoms with E-state index in [1.807, 2.05) is 6.07 Å². The number of nitrogens with one attached hydrogen (secondary N) is 1. The van der Waals surface area contributed by atoms with Crippen LogP contribution in [-0.2, 0) is 6.54 Å². The number of hydrogen-bond donors (Lipinski definition) is 2. The maximum absolute atomic E-state index is 11.2. The molecule has 0 saturated heterocycles. The van der Waals surface area contributed by atoms with Gasteiger partial charge in [0.15, 0.2) is 0 Å². The summed E-state index contributed by atoms with van der Waals surface area (Å²) in [6, 6.07) is 6.96. The molecule has 0 aliphatic carbocycles. The molecule has 0 spiro atoms. The molecule has 3 N–H and O–H groups in total. The summed E-state index contributed by atoms with van der Waals surface area (Å²) in [7, 11) is 1.57. The predicted molar refractivity (Wildman–Crippen MR) is 85.9 cm³/mol. The van der Waals surface area contributed by atoms with Crippen molar-refractivity contribution in [3.63, 3.8) is 0 Å². The van der Waals surface area contributed by atoms with Crippen molar-refractivity contribution in [1.82, 2.24) is 0 Å². The Morgan fingerprint density at radius 2 is 2.25 bits per heavy atom. The van der Waals surface area contributed by atoms with Crippen molar-refractivity contribution in [3.05, 3.63) is 43.5 Å². The summed E-state index contributed by atoms with van der Waals surface area (Å²) in [5, 5.41) is 3.21. The SMILES string of the molecule is COc1ccc(C(N)=O)cc1NCc1cc(Br)c(Cl)s1. The quantitative estimate of drug-likeness (QED) is 0.833. The van der Waals surface area contributed by atoms with Gasteiger partial charge in [0.2, 0.25) is 5.91 Å². The molecule has 0 unspecified atom stereocenters. The fourth-order valence-electron chi connectivity index (χ4n) is 1.66. The van der Waals surface area contributed by atoms with Gasteiger partial charge in [-0.3, -0.25) is 4.79 Å². The Kier molecular flexibility index (Phi) is 4.91. The Morgan fingerprint density at radius 3 is 2.80 bits per heavy atom. The van der Waals surface area contributed by atoms with E-state index < -0.39 is 5.91 Å². The van der Waals surface area contributed by atoms with Crippen molar-refractivity contribution in [2.24, 2.45) is 5.73 Å². The van der Waals surface area contributed by atoms with Gasteiger partial charge in [0.05, 0.1) is 12.8 Å². The number of nitrogens with two attached hydrogens (primary N) is 1. The zero-order valence-corrected chi connectivity index (χ0v) is 13.7. The molecule has 7 heteroatoms. The highest BCUT2D eigenvalue weighted by atomic mass is 79.9. The van der Waals surface area contributed by atoms with Gasteiger partial charge in [-0.25, -0.2) is 0 Å². The van der Waals surface area contributed by atoms with Gasteiger partial charge in [0.1, 0.15) is 10.1 Å². The Hall–Kier alpha value is -1.24. The molecular formula is C13H12BrClN2O2S. The van der Waals surface area contributed by atoms with Crippen LogP contribution in [0.4, 0.5) is 5.69 Å². The Bertz CT molecular complexity index is 626. The Balaban J connectivity index is 2.18. The molecule has 0 radical (unpaired) electrons. The highest BCUT2D eigenvalue weighted by Crippen LogP contribution is 2.33. The minimum Gasteiger partial charge on any atom is -0.495 e. The molecule has 4 nitrogen and oxygen atoms in total. The van der Waals surface area contributed by atoms with Gasteiger partial charge in [-0.15, -0.1) is 11.3 Å². The normalized spacial score (nSPS) is 10.3. The molecule has 1 amide bonds. The second kappa shape index (κ2) is 6.47. The maximum atomic E-state index is 11.2. The first-order chi connectivity index (χ1) is 9.51. The smallest absolute Gasteiger partial charge is 0.248 e. The van der Waals surface area contributed by atoms with Crippen LogP contribution >= 0.6 is 38.9 Å². The first kappa shape index (κ1) is 15.2. The highest BCUT2D eigenvalue weighted by Gasteiger charge is 2.09. The van der Waals surface area contributed by atoms with Crippen LogP contribution in [0.3, 0.4) is 0 Å². The lowest BCUT2D eigenvalue weighted by molar-refractivity contribution is 0.100. The number of methoxy groups -OCH3 is 1. The summed E-state index contributed by atoms with van der Waals surface area (Å²) in [5.74, 6) is 0.175. The molecule has 1 heterocycles. The number of carbonyl (C=O) groups excluding carboxylic acids is 1. The lowest BCUT2D eigenvalue weighted by atomic mass is 10.1. The van der Waals surface area contributed by atoms with Gasteiger partial charge in [-0.2, -0.15) is 0 Å². The van der Waals surface area contributed by atoms with Crippen molar-refractivity contribution >= 4 is 50.5 Å². The van der Waals surface area contributed by atoms with Crippen molar-refractivity contribution in [1.29, 1.82) is 0 Å². The molecule has 2 aromatic rings. The first-order valence-corrected chi connectivity index (χ1v) is 7.65. The number of amides is 1. The number of hydrogen-bond acceptors (Lipinski definition) is 4. The first-order valence-electron chi connectivity index (χ1n) is 5.66. The van der Waals surface area contributed by atoms with E-state index in [2.05, 4.69) is 21.2 Å². The molecule has 0 aliphatic heterocycles. The van der Waals surface area contributed by atoms with Crippen molar-refractivity contribution in [2.75, 3.05) is 12.4 Å². The third-order valence-corrected chi connectivity index (χ3v) is 5.11. The summed E-state index contributed by atoms with van der Waals surface area (Å²) < 4.78 is 6.83. The third-order valence-electron chi connectivity index (χ3n) is 2.63. The van der Waals surface area contributed by atoms with Gasteiger partial charge in [0.25, 0.3) is 0 Å². The van der Waals surface area contributed by atoms with Crippen LogP contribution in [-0.4, -0.2) is 13.0 Å². The lowest BCUT2D eigenvalue weighted by Crippen LogP contribution is -2.11. The van der Waals surface area contributed by atoms with Crippen LogP contribution < -0.4 is 15.8 Å². The monoisotopic (exact) mass is 374 g/mol. The third kappa shape index (κ3) is 3.45. The van der Waals surface area contributed by atoms with Gasteiger partial charge in [0, 0.05) is 21.5 Å². The summed E-state index contributed by atoms with van der Waals surface area (Å²) >= 11 is 10.8. The van der Waals surface area contributed by atoms with E-state index in [1.165, 1.54) is 11.3 Å². The lowest BCUT2D eigenvalue weighted by Gasteiger charge is -2.11. The van der Waals surface area contributed by atoms with Crippen molar-refractivity contribution < 1.29 is 9.53 Å². The number of benzene rings is 1. The molecule has 1 aromatic heterocycles. The minimum atomic E-state index is -0.474. The van der Waals surface area contributed by atoms with Gasteiger partial charge in [-0.05, 0) is 40.2 Å². The van der Waals surface area contributed by atoms with Crippen LogP contribution in [0.2, 0.25) is 4.34 Å². The highest BCUT2D eigenvalue weighted by molar-refractivity contribution is 9.10. The van der Waals surface area contributed by atoms with Crippen LogP contribution in [0.1, 0.15) is 15.2 Å². The zero-order valence-electron chi connectivity index (χ0n) is 10.6. The number of primary amides is 1. The molecule has 0 saturated carbocycles. The van der Waals surface area contributed by atoms with E-state index in [9.17, 15) is 4.79 Å². The Morgan fingerprint density at radius 1 is 1.50 bits per heavy atom. The summed E-state index contributed by atoms with van der Waals surface area (Å²) in [4.78, 5) is 12.3. The van der Waals surface area contributed by atoms with E-state index in [4.69, 9.17) is 22.1 Å². The average Bonchev–Trinajstić information content (AvgIpc) is 2.75. The van der Waals surface area contributed by atoms with Crippen LogP contribution in [0, 0.1) is 0 Å². The van der Waals surface area contributed by atoms with E-state index in [0.717, 1.165) is 9.35 Å². The number of ether oxygens (including phenoxy) is 1. The van der Waals surface area contributed by atoms with E-state index >= 15 is 0 Å². The van der Waals surface area contributed by atoms with E-state index in [0.29, 0.717) is 27.9 Å². The average molecular weight is 376 g/mol. The minimum absolute atomic E-state index is 0.429. The van der Waals surface area contributed by atoms with Crippen LogP contribution in [0.25, 0.3) is 0 Å². The fourth-order valence-corrected chi connectivity index (χ4v) is 3.39. The molecule has 0 atom stereocenters. The molecule has 0 aliphatic rings. The second-order valence-corrected chi connectivity index (χ2v) is 6.56. The second-order valence-electron chi connectivity index (χ2n) is 3.97. The zero-order chi connectivity index (χ0) is 14.7. The standard InChI is InChI=1S/C13H12BrClN2O2S/c1-19-11-3-2-7(13(16)18)4-10(11)17-6-8-5-9(14)12(15)20-8/h2-5,17H,6H2,1H3,(H2,16,18). The molecule has 0 fully saturated rings. The molecule has 1 aromatic carbocycles. The topological polar surface area (TPSA) is 64.3 Å². The van der Waals surface area contributed by atoms with Crippen LogP contribution in [0.15, 0.2) is 28.7 Å². The molecular weight excluding hydrogens is 364 g/mol. The van der Waals surface area contributed by atoms with Crippen molar-refractivity contribution in [3.8, 4) is 5.75 Å². The molecule has 0 bridgehead atoms. The number of thiophene rings is 1.